The first-order valence-electron chi connectivity index (χ1n) is 8.72. The molecule has 0 spiro atoms. The number of anilines is 1. The lowest BCUT2D eigenvalue weighted by atomic mass is 9.79. The van der Waals surface area contributed by atoms with Crippen molar-refractivity contribution in [2.24, 2.45) is 4.99 Å². The van der Waals surface area contributed by atoms with Gasteiger partial charge in [-0.15, -0.1) is 0 Å². The third-order valence-corrected chi connectivity index (χ3v) is 5.58. The number of hydrogen-bond donors (Lipinski definition) is 0. The summed E-state index contributed by atoms with van der Waals surface area (Å²) in [5.41, 5.74) is 4.56. The van der Waals surface area contributed by atoms with E-state index in [9.17, 15) is 0 Å². The normalized spacial score (nSPS) is 19.3. The molecule has 0 amide bonds. The van der Waals surface area contributed by atoms with E-state index in [2.05, 4.69) is 49.7 Å². The van der Waals surface area contributed by atoms with Crippen LogP contribution < -0.4 is 4.90 Å². The molecule has 0 N–H and O–H groups in total. The van der Waals surface area contributed by atoms with Crippen LogP contribution in [0.3, 0.4) is 0 Å². The first-order chi connectivity index (χ1) is 11.8. The Hall–Kier alpha value is -1.51. The van der Waals surface area contributed by atoms with E-state index < -0.39 is 0 Å². The summed E-state index contributed by atoms with van der Waals surface area (Å²) < 4.78 is 0. The van der Waals surface area contributed by atoms with Gasteiger partial charge in [0, 0.05) is 34.6 Å². The van der Waals surface area contributed by atoms with Crippen molar-refractivity contribution in [3.63, 3.8) is 0 Å². The van der Waals surface area contributed by atoms with Crippen molar-refractivity contribution in [1.29, 1.82) is 0 Å². The fraction of sp³-hybridized carbons (Fsp3) is 0.381. The molecule has 4 heteroatoms. The van der Waals surface area contributed by atoms with Gasteiger partial charge in [0.1, 0.15) is 0 Å². The van der Waals surface area contributed by atoms with Crippen molar-refractivity contribution < 1.29 is 0 Å². The van der Waals surface area contributed by atoms with Crippen LogP contribution in [0.15, 0.2) is 41.4 Å². The molecular weight excluding hydrogens is 351 g/mol. The lowest BCUT2D eigenvalue weighted by Gasteiger charge is -2.47. The topological polar surface area (TPSA) is 15.6 Å². The molecule has 0 saturated heterocycles. The zero-order valence-corrected chi connectivity index (χ0v) is 16.7. The van der Waals surface area contributed by atoms with Crippen molar-refractivity contribution in [2.45, 2.75) is 45.6 Å². The second-order valence-corrected chi connectivity index (χ2v) is 8.17. The van der Waals surface area contributed by atoms with Gasteiger partial charge in [-0.1, -0.05) is 30.1 Å². The molecule has 1 heterocycles. The molecule has 1 atom stereocenters. The molecule has 2 nitrogen and oxygen atoms in total. The smallest absolute Gasteiger partial charge is 0.0630 e. The molecule has 2 aromatic carbocycles. The molecule has 0 aromatic heterocycles. The van der Waals surface area contributed by atoms with Gasteiger partial charge in [-0.25, -0.2) is 0 Å². The van der Waals surface area contributed by atoms with E-state index in [0.717, 1.165) is 29.2 Å². The zero-order chi connectivity index (χ0) is 18.2. The van der Waals surface area contributed by atoms with Crippen LogP contribution in [0.2, 0.25) is 10.0 Å². The maximum absolute atomic E-state index is 6.58. The maximum Gasteiger partial charge on any atom is 0.0630 e. The Bertz CT molecular complexity index is 794. The molecule has 0 fully saturated rings. The average molecular weight is 375 g/mol. The van der Waals surface area contributed by atoms with E-state index >= 15 is 0 Å². The van der Waals surface area contributed by atoms with Gasteiger partial charge in [-0.2, -0.15) is 0 Å². The quantitative estimate of drug-likeness (QED) is 0.535. The summed E-state index contributed by atoms with van der Waals surface area (Å²) in [6.07, 6.45) is 2.97. The van der Waals surface area contributed by atoms with E-state index in [1.54, 1.807) is 0 Å². The monoisotopic (exact) mass is 374 g/mol. The summed E-state index contributed by atoms with van der Waals surface area (Å²) in [7, 11) is 0. The molecule has 0 aliphatic carbocycles. The van der Waals surface area contributed by atoms with Crippen LogP contribution in [0, 0.1) is 0 Å². The third-order valence-electron chi connectivity index (χ3n) is 5.00. The predicted octanol–water partition coefficient (Wildman–Crippen LogP) is 6.86. The van der Waals surface area contributed by atoms with E-state index in [1.165, 1.54) is 11.3 Å². The minimum atomic E-state index is 0.142. The van der Waals surface area contributed by atoms with Gasteiger partial charge in [0.05, 0.1) is 10.7 Å². The predicted molar refractivity (Wildman–Crippen MR) is 110 cm³/mol. The molecule has 1 aliphatic rings. The third kappa shape index (κ3) is 3.70. The highest BCUT2D eigenvalue weighted by Crippen LogP contribution is 2.44. The second kappa shape index (κ2) is 7.01. The molecule has 2 aromatic rings. The van der Waals surface area contributed by atoms with E-state index in [-0.39, 0.29) is 5.54 Å². The Labute approximate surface area is 160 Å². The van der Waals surface area contributed by atoms with Crippen molar-refractivity contribution in [1.82, 2.24) is 0 Å². The Balaban J connectivity index is 1.99. The average Bonchev–Trinajstić information content (AvgIpc) is 2.54. The van der Waals surface area contributed by atoms with Crippen molar-refractivity contribution in [3.8, 4) is 0 Å². The number of rotatable bonds is 3. The molecule has 0 saturated carbocycles. The number of benzene rings is 2. The van der Waals surface area contributed by atoms with Crippen LogP contribution in [0.1, 0.15) is 51.2 Å². The van der Waals surface area contributed by atoms with Gasteiger partial charge < -0.3 is 4.90 Å². The van der Waals surface area contributed by atoms with Crippen LogP contribution in [0.5, 0.6) is 0 Å². The van der Waals surface area contributed by atoms with Crippen molar-refractivity contribution in [3.05, 3.63) is 57.6 Å². The highest BCUT2D eigenvalue weighted by molar-refractivity contribution is 6.33. The summed E-state index contributed by atoms with van der Waals surface area (Å²) >= 11 is 12.5. The maximum atomic E-state index is 6.58. The van der Waals surface area contributed by atoms with Crippen LogP contribution in [-0.4, -0.2) is 18.3 Å². The number of nitrogens with zero attached hydrogens (tertiary/aromatic N) is 2. The summed E-state index contributed by atoms with van der Waals surface area (Å²) in [6.45, 7) is 10.1. The molecule has 25 heavy (non-hydrogen) atoms. The van der Waals surface area contributed by atoms with Crippen LogP contribution >= 0.6 is 23.2 Å². The van der Waals surface area contributed by atoms with Crippen molar-refractivity contribution in [2.75, 3.05) is 11.4 Å². The second-order valence-electron chi connectivity index (χ2n) is 7.33. The first kappa shape index (κ1) is 18.3. The molecule has 1 aliphatic heterocycles. The number of aliphatic imine (C=N–C) groups is 1. The fourth-order valence-electron chi connectivity index (χ4n) is 3.89. The minimum absolute atomic E-state index is 0.142. The number of hydrogen-bond acceptors (Lipinski definition) is 2. The molecule has 132 valence electrons. The molecule has 0 radical (unpaired) electrons. The van der Waals surface area contributed by atoms with E-state index in [0.29, 0.717) is 10.9 Å². The standard InChI is InChI=1S/C21H24Cl2N2/c1-5-25-20-11-19(23)15(10-18(20)14(2)12-21(25,3)4)13-24-17-8-6-16(22)7-9-17/h6-11,13-14H,5,12H2,1-4H3. The van der Waals surface area contributed by atoms with Crippen LogP contribution in [-0.2, 0) is 0 Å². The molecule has 0 bridgehead atoms. The Morgan fingerprint density at radius 1 is 1.20 bits per heavy atom. The number of halogens is 2. The van der Waals surface area contributed by atoms with E-state index in [1.807, 2.05) is 30.5 Å². The lowest BCUT2D eigenvalue weighted by Crippen LogP contribution is -2.48. The summed E-state index contributed by atoms with van der Waals surface area (Å²) in [5.74, 6) is 0.493. The molecular formula is C21H24Cl2N2. The Morgan fingerprint density at radius 2 is 1.88 bits per heavy atom. The zero-order valence-electron chi connectivity index (χ0n) is 15.2. The van der Waals surface area contributed by atoms with Crippen molar-refractivity contribution >= 4 is 40.8 Å². The van der Waals surface area contributed by atoms with E-state index in [4.69, 9.17) is 23.2 Å². The molecule has 3 rings (SSSR count). The van der Waals surface area contributed by atoms with Gasteiger partial charge in [-0.3, -0.25) is 4.99 Å². The lowest BCUT2D eigenvalue weighted by molar-refractivity contribution is 0.381. The molecule has 1 unspecified atom stereocenters. The highest BCUT2D eigenvalue weighted by Gasteiger charge is 2.35. The van der Waals surface area contributed by atoms with Crippen LogP contribution in [0.25, 0.3) is 0 Å². The summed E-state index contributed by atoms with van der Waals surface area (Å²) in [6, 6.07) is 11.8. The van der Waals surface area contributed by atoms with Gasteiger partial charge in [0.25, 0.3) is 0 Å². The largest absolute Gasteiger partial charge is 0.366 e. The SMILES string of the molecule is CCN1c2cc(Cl)c(C=Nc3ccc(Cl)cc3)cc2C(C)CC1(C)C. The first-order valence-corrected chi connectivity index (χ1v) is 9.48. The minimum Gasteiger partial charge on any atom is -0.366 e. The fourth-order valence-corrected chi connectivity index (χ4v) is 4.22. The highest BCUT2D eigenvalue weighted by atomic mass is 35.5. The van der Waals surface area contributed by atoms with Crippen LogP contribution in [0.4, 0.5) is 11.4 Å². The Kier molecular flexibility index (Phi) is 5.13. The van der Waals surface area contributed by atoms with Gasteiger partial charge in [0.15, 0.2) is 0 Å². The van der Waals surface area contributed by atoms with Gasteiger partial charge in [0.2, 0.25) is 0 Å². The Morgan fingerprint density at radius 3 is 2.52 bits per heavy atom. The summed E-state index contributed by atoms with van der Waals surface area (Å²) in [4.78, 5) is 6.99. The number of fused-ring (bicyclic) bond motifs is 1. The van der Waals surface area contributed by atoms with Gasteiger partial charge in [-0.05, 0) is 75.1 Å². The summed E-state index contributed by atoms with van der Waals surface area (Å²) in [5, 5.41) is 1.45. The van der Waals surface area contributed by atoms with Gasteiger partial charge >= 0.3 is 0 Å².